The Labute approximate surface area is 121 Å². The molecule has 0 aliphatic heterocycles. The SMILES string of the molecule is CC(C)c1nc2ccccn2c1COC1CCCCC1. The van der Waals surface area contributed by atoms with E-state index in [4.69, 9.17) is 9.72 Å². The highest BCUT2D eigenvalue weighted by atomic mass is 16.5. The van der Waals surface area contributed by atoms with Gasteiger partial charge in [-0.1, -0.05) is 39.2 Å². The minimum Gasteiger partial charge on any atom is -0.372 e. The molecule has 0 atom stereocenters. The predicted molar refractivity (Wildman–Crippen MR) is 80.9 cm³/mol. The molecule has 1 aliphatic rings. The zero-order chi connectivity index (χ0) is 13.9. The molecule has 0 amide bonds. The van der Waals surface area contributed by atoms with Gasteiger partial charge < -0.3 is 9.14 Å². The summed E-state index contributed by atoms with van der Waals surface area (Å²) in [5, 5.41) is 0. The molecule has 108 valence electrons. The van der Waals surface area contributed by atoms with Gasteiger partial charge in [-0.15, -0.1) is 0 Å². The van der Waals surface area contributed by atoms with Gasteiger partial charge in [-0.05, 0) is 30.9 Å². The average Bonchev–Trinajstić information content (AvgIpc) is 2.85. The lowest BCUT2D eigenvalue weighted by Crippen LogP contribution is -2.17. The van der Waals surface area contributed by atoms with Crippen molar-refractivity contribution < 1.29 is 4.74 Å². The third kappa shape index (κ3) is 2.73. The maximum absolute atomic E-state index is 6.17. The van der Waals surface area contributed by atoms with Crippen LogP contribution in [0.2, 0.25) is 0 Å². The van der Waals surface area contributed by atoms with E-state index in [0.29, 0.717) is 18.6 Å². The van der Waals surface area contributed by atoms with Crippen LogP contribution in [0.25, 0.3) is 5.65 Å². The van der Waals surface area contributed by atoms with Crippen LogP contribution in [-0.4, -0.2) is 15.5 Å². The molecule has 2 heterocycles. The highest BCUT2D eigenvalue weighted by molar-refractivity contribution is 5.43. The van der Waals surface area contributed by atoms with Gasteiger partial charge in [0.1, 0.15) is 5.65 Å². The number of pyridine rings is 1. The summed E-state index contributed by atoms with van der Waals surface area (Å²) in [6, 6.07) is 6.16. The Morgan fingerprint density at radius 2 is 2.05 bits per heavy atom. The van der Waals surface area contributed by atoms with E-state index < -0.39 is 0 Å². The summed E-state index contributed by atoms with van der Waals surface area (Å²) in [5.41, 5.74) is 3.42. The lowest BCUT2D eigenvalue weighted by Gasteiger charge is -2.22. The van der Waals surface area contributed by atoms with E-state index >= 15 is 0 Å². The summed E-state index contributed by atoms with van der Waals surface area (Å²) >= 11 is 0. The number of imidazole rings is 1. The number of ether oxygens (including phenoxy) is 1. The lowest BCUT2D eigenvalue weighted by atomic mass is 9.98. The Morgan fingerprint density at radius 3 is 2.80 bits per heavy atom. The summed E-state index contributed by atoms with van der Waals surface area (Å²) in [6.07, 6.45) is 8.96. The van der Waals surface area contributed by atoms with Crippen LogP contribution in [0.3, 0.4) is 0 Å². The van der Waals surface area contributed by atoms with Gasteiger partial charge >= 0.3 is 0 Å². The first-order valence-corrected chi connectivity index (χ1v) is 7.83. The molecule has 0 spiro atoms. The Morgan fingerprint density at radius 1 is 1.25 bits per heavy atom. The molecule has 0 aromatic carbocycles. The number of hydrogen-bond donors (Lipinski definition) is 0. The maximum Gasteiger partial charge on any atom is 0.137 e. The number of rotatable bonds is 4. The molecule has 3 heteroatoms. The molecule has 0 N–H and O–H groups in total. The third-order valence-electron chi connectivity index (χ3n) is 4.21. The number of fused-ring (bicyclic) bond motifs is 1. The zero-order valence-corrected chi connectivity index (χ0v) is 12.5. The second kappa shape index (κ2) is 5.96. The summed E-state index contributed by atoms with van der Waals surface area (Å²) in [7, 11) is 0. The van der Waals surface area contributed by atoms with Crippen molar-refractivity contribution in [2.24, 2.45) is 0 Å². The van der Waals surface area contributed by atoms with Crippen molar-refractivity contribution >= 4 is 5.65 Å². The van der Waals surface area contributed by atoms with E-state index in [2.05, 4.69) is 36.6 Å². The highest BCUT2D eigenvalue weighted by Gasteiger charge is 2.18. The predicted octanol–water partition coefficient (Wildman–Crippen LogP) is 4.31. The van der Waals surface area contributed by atoms with E-state index in [0.717, 1.165) is 5.65 Å². The fraction of sp³-hybridized carbons (Fsp3) is 0.588. The standard InChI is InChI=1S/C17H24N2O/c1-13(2)17-15(12-20-14-8-4-3-5-9-14)19-11-7-6-10-16(19)18-17/h6-7,10-11,13-14H,3-5,8-9,12H2,1-2H3. The van der Waals surface area contributed by atoms with Crippen LogP contribution in [0, 0.1) is 0 Å². The first kappa shape index (κ1) is 13.6. The second-order valence-corrected chi connectivity index (χ2v) is 6.10. The summed E-state index contributed by atoms with van der Waals surface area (Å²) < 4.78 is 8.34. The highest BCUT2D eigenvalue weighted by Crippen LogP contribution is 2.25. The maximum atomic E-state index is 6.17. The van der Waals surface area contributed by atoms with Gasteiger partial charge in [0, 0.05) is 6.20 Å². The van der Waals surface area contributed by atoms with Crippen molar-refractivity contribution in [1.29, 1.82) is 0 Å². The summed E-state index contributed by atoms with van der Waals surface area (Å²) in [6.45, 7) is 5.08. The Balaban J connectivity index is 1.83. The lowest BCUT2D eigenvalue weighted by molar-refractivity contribution is 0.0145. The van der Waals surface area contributed by atoms with Crippen molar-refractivity contribution in [2.45, 2.75) is 64.6 Å². The number of nitrogens with zero attached hydrogens (tertiary/aromatic N) is 2. The van der Waals surface area contributed by atoms with Crippen LogP contribution >= 0.6 is 0 Å². The summed E-state index contributed by atoms with van der Waals surface area (Å²) in [5.74, 6) is 0.430. The normalized spacial score (nSPS) is 17.1. The Bertz CT molecular complexity index is 567. The van der Waals surface area contributed by atoms with E-state index in [1.807, 2.05) is 6.07 Å². The van der Waals surface area contributed by atoms with Gasteiger partial charge in [-0.3, -0.25) is 0 Å². The van der Waals surface area contributed by atoms with E-state index in [1.165, 1.54) is 43.5 Å². The molecule has 3 nitrogen and oxygen atoms in total. The summed E-state index contributed by atoms with van der Waals surface area (Å²) in [4.78, 5) is 4.76. The van der Waals surface area contributed by atoms with E-state index in [9.17, 15) is 0 Å². The van der Waals surface area contributed by atoms with Crippen molar-refractivity contribution in [3.05, 3.63) is 35.8 Å². The van der Waals surface area contributed by atoms with Crippen LogP contribution in [-0.2, 0) is 11.3 Å². The van der Waals surface area contributed by atoms with E-state index in [-0.39, 0.29) is 0 Å². The molecule has 2 aromatic rings. The Hall–Kier alpha value is -1.35. The molecule has 0 saturated heterocycles. The van der Waals surface area contributed by atoms with Crippen molar-refractivity contribution in [2.75, 3.05) is 0 Å². The topological polar surface area (TPSA) is 26.5 Å². The molecule has 1 aliphatic carbocycles. The van der Waals surface area contributed by atoms with Gasteiger partial charge in [0.2, 0.25) is 0 Å². The minimum atomic E-state index is 0.430. The molecule has 1 fully saturated rings. The van der Waals surface area contributed by atoms with Crippen LogP contribution in [0.1, 0.15) is 63.3 Å². The molecule has 0 bridgehead atoms. The van der Waals surface area contributed by atoms with Gasteiger partial charge in [0.05, 0.1) is 24.1 Å². The molecule has 3 rings (SSSR count). The minimum absolute atomic E-state index is 0.430. The molecule has 0 unspecified atom stereocenters. The van der Waals surface area contributed by atoms with Crippen molar-refractivity contribution in [3.8, 4) is 0 Å². The van der Waals surface area contributed by atoms with Gasteiger partial charge in [-0.2, -0.15) is 0 Å². The third-order valence-corrected chi connectivity index (χ3v) is 4.21. The quantitative estimate of drug-likeness (QED) is 0.829. The molecular formula is C17H24N2O. The zero-order valence-electron chi connectivity index (χ0n) is 12.5. The van der Waals surface area contributed by atoms with Crippen LogP contribution in [0.4, 0.5) is 0 Å². The van der Waals surface area contributed by atoms with Gasteiger partial charge in [0.15, 0.2) is 0 Å². The van der Waals surface area contributed by atoms with Crippen molar-refractivity contribution in [3.63, 3.8) is 0 Å². The number of aromatic nitrogens is 2. The molecular weight excluding hydrogens is 248 g/mol. The van der Waals surface area contributed by atoms with Gasteiger partial charge in [0.25, 0.3) is 0 Å². The molecule has 1 saturated carbocycles. The average molecular weight is 272 g/mol. The molecule has 20 heavy (non-hydrogen) atoms. The molecule has 2 aromatic heterocycles. The largest absolute Gasteiger partial charge is 0.372 e. The fourth-order valence-electron chi connectivity index (χ4n) is 3.10. The van der Waals surface area contributed by atoms with Crippen LogP contribution in [0.15, 0.2) is 24.4 Å². The van der Waals surface area contributed by atoms with Crippen molar-refractivity contribution in [1.82, 2.24) is 9.38 Å². The monoisotopic (exact) mass is 272 g/mol. The first-order chi connectivity index (χ1) is 9.75. The number of hydrogen-bond acceptors (Lipinski definition) is 2. The van der Waals surface area contributed by atoms with Crippen LogP contribution in [0.5, 0.6) is 0 Å². The van der Waals surface area contributed by atoms with Crippen LogP contribution < -0.4 is 0 Å². The second-order valence-electron chi connectivity index (χ2n) is 6.10. The smallest absolute Gasteiger partial charge is 0.137 e. The van der Waals surface area contributed by atoms with Gasteiger partial charge in [-0.25, -0.2) is 4.98 Å². The van der Waals surface area contributed by atoms with E-state index in [1.54, 1.807) is 0 Å². The molecule has 0 radical (unpaired) electrons. The first-order valence-electron chi connectivity index (χ1n) is 7.83. The Kier molecular flexibility index (Phi) is 4.06. The fourth-order valence-corrected chi connectivity index (χ4v) is 3.10.